The Kier molecular flexibility index (Phi) is 3.60. The number of nitrogen functional groups attached to an aromatic ring is 2. The van der Waals surface area contributed by atoms with Gasteiger partial charge in [0.25, 0.3) is 5.91 Å². The summed E-state index contributed by atoms with van der Waals surface area (Å²) in [6.07, 6.45) is 0. The van der Waals surface area contributed by atoms with E-state index in [4.69, 9.17) is 11.5 Å². The van der Waals surface area contributed by atoms with Crippen LogP contribution in [0.15, 0.2) is 30.3 Å². The fourth-order valence-corrected chi connectivity index (χ4v) is 3.52. The first-order valence-electron chi connectivity index (χ1n) is 6.77. The molecular weight excluding hydrogens is 310 g/mol. The Bertz CT molecular complexity index is 956. The van der Waals surface area contributed by atoms with E-state index >= 15 is 0 Å². The second-order valence-corrected chi connectivity index (χ2v) is 5.83. The van der Waals surface area contributed by atoms with Crippen molar-refractivity contribution in [1.29, 1.82) is 5.26 Å². The molecule has 0 unspecified atom stereocenters. The molecule has 0 fully saturated rings. The SMILES string of the molecule is CNC(=O)c1sc2nc(N)c(C#N)c(-c3ccccc3)c2c1N. The average molecular weight is 323 g/mol. The van der Waals surface area contributed by atoms with Gasteiger partial charge >= 0.3 is 0 Å². The second-order valence-electron chi connectivity index (χ2n) is 4.83. The van der Waals surface area contributed by atoms with Gasteiger partial charge in [0.05, 0.1) is 5.69 Å². The lowest BCUT2D eigenvalue weighted by Gasteiger charge is -2.09. The zero-order valence-corrected chi connectivity index (χ0v) is 13.1. The van der Waals surface area contributed by atoms with Crippen LogP contribution in [-0.2, 0) is 0 Å². The normalized spacial score (nSPS) is 10.4. The Morgan fingerprint density at radius 1 is 1.30 bits per heavy atom. The number of rotatable bonds is 2. The number of carbonyl (C=O) groups excluding carboxylic acids is 1. The van der Waals surface area contributed by atoms with E-state index in [2.05, 4.69) is 16.4 Å². The van der Waals surface area contributed by atoms with Gasteiger partial charge in [0.15, 0.2) is 0 Å². The maximum absolute atomic E-state index is 12.0. The number of thiophene rings is 1. The highest BCUT2D eigenvalue weighted by Gasteiger charge is 2.23. The van der Waals surface area contributed by atoms with Crippen LogP contribution >= 0.6 is 11.3 Å². The second kappa shape index (κ2) is 5.59. The fraction of sp³-hybridized carbons (Fsp3) is 0.0625. The molecule has 3 rings (SSSR count). The Morgan fingerprint density at radius 2 is 2.00 bits per heavy atom. The zero-order chi connectivity index (χ0) is 16.6. The number of amides is 1. The molecule has 1 aromatic carbocycles. The summed E-state index contributed by atoms with van der Waals surface area (Å²) in [6.45, 7) is 0. The van der Waals surface area contributed by atoms with Crippen molar-refractivity contribution in [2.24, 2.45) is 0 Å². The monoisotopic (exact) mass is 323 g/mol. The highest BCUT2D eigenvalue weighted by atomic mass is 32.1. The molecule has 5 N–H and O–H groups in total. The first-order chi connectivity index (χ1) is 11.1. The summed E-state index contributed by atoms with van der Waals surface area (Å²) in [7, 11) is 1.53. The van der Waals surface area contributed by atoms with Crippen LogP contribution in [0.2, 0.25) is 0 Å². The predicted octanol–water partition coefficient (Wildman–Crippen LogP) is 2.36. The van der Waals surface area contributed by atoms with Crippen molar-refractivity contribution < 1.29 is 4.79 Å². The van der Waals surface area contributed by atoms with E-state index in [0.717, 1.165) is 16.9 Å². The van der Waals surface area contributed by atoms with Crippen LogP contribution in [0.25, 0.3) is 21.3 Å². The highest BCUT2D eigenvalue weighted by molar-refractivity contribution is 7.21. The molecule has 23 heavy (non-hydrogen) atoms. The van der Waals surface area contributed by atoms with Gasteiger partial charge in [-0.2, -0.15) is 5.26 Å². The topological polar surface area (TPSA) is 118 Å². The number of anilines is 2. The number of hydrogen-bond donors (Lipinski definition) is 3. The minimum atomic E-state index is -0.290. The molecule has 2 heterocycles. The van der Waals surface area contributed by atoms with Gasteiger partial charge in [-0.05, 0) is 5.56 Å². The molecule has 0 atom stereocenters. The van der Waals surface area contributed by atoms with Crippen LogP contribution in [0, 0.1) is 11.3 Å². The lowest BCUT2D eigenvalue weighted by Crippen LogP contribution is -2.17. The average Bonchev–Trinajstić information content (AvgIpc) is 2.90. The number of pyridine rings is 1. The Hall–Kier alpha value is -3.11. The van der Waals surface area contributed by atoms with Crippen molar-refractivity contribution in [3.05, 3.63) is 40.8 Å². The molecule has 0 saturated carbocycles. The molecule has 0 radical (unpaired) electrons. The molecular formula is C16H13N5OS. The third-order valence-electron chi connectivity index (χ3n) is 3.51. The minimum Gasteiger partial charge on any atom is -0.397 e. The van der Waals surface area contributed by atoms with E-state index in [1.54, 1.807) is 0 Å². The minimum absolute atomic E-state index is 0.128. The quantitative estimate of drug-likeness (QED) is 0.669. The number of nitrogens with two attached hydrogens (primary N) is 2. The predicted molar refractivity (Wildman–Crippen MR) is 92.0 cm³/mol. The Balaban J connectivity index is 2.47. The van der Waals surface area contributed by atoms with Crippen LogP contribution in [0.1, 0.15) is 15.2 Å². The van der Waals surface area contributed by atoms with Gasteiger partial charge in [0.1, 0.15) is 27.2 Å². The van der Waals surface area contributed by atoms with Crippen molar-refractivity contribution in [2.75, 3.05) is 18.5 Å². The maximum atomic E-state index is 12.0. The van der Waals surface area contributed by atoms with E-state index in [9.17, 15) is 10.1 Å². The van der Waals surface area contributed by atoms with E-state index < -0.39 is 0 Å². The summed E-state index contributed by atoms with van der Waals surface area (Å²) in [4.78, 5) is 17.1. The number of nitriles is 1. The largest absolute Gasteiger partial charge is 0.397 e. The molecule has 3 aromatic rings. The third kappa shape index (κ3) is 2.25. The number of hydrogen-bond acceptors (Lipinski definition) is 6. The zero-order valence-electron chi connectivity index (χ0n) is 12.3. The standard InChI is InChI=1S/C16H13N5OS/c1-20-15(22)13-12(18)11-10(8-5-3-2-4-6-8)9(7-17)14(19)21-16(11)23-13/h2-6H,18H2,1H3,(H2,19,21)(H,20,22). The first-order valence-corrected chi connectivity index (χ1v) is 7.59. The van der Waals surface area contributed by atoms with Crippen LogP contribution in [0.5, 0.6) is 0 Å². The van der Waals surface area contributed by atoms with Gasteiger partial charge in [0.2, 0.25) is 0 Å². The van der Waals surface area contributed by atoms with Crippen LogP contribution in [0.3, 0.4) is 0 Å². The van der Waals surface area contributed by atoms with Crippen molar-refractivity contribution in [2.45, 2.75) is 0 Å². The van der Waals surface area contributed by atoms with Gasteiger partial charge in [-0.25, -0.2) is 4.98 Å². The lowest BCUT2D eigenvalue weighted by atomic mass is 9.97. The van der Waals surface area contributed by atoms with Gasteiger partial charge < -0.3 is 16.8 Å². The molecule has 0 aliphatic rings. The first kappa shape index (κ1) is 14.8. The van der Waals surface area contributed by atoms with Gasteiger partial charge in [-0.15, -0.1) is 11.3 Å². The van der Waals surface area contributed by atoms with Gasteiger partial charge in [-0.1, -0.05) is 30.3 Å². The number of carbonyl (C=O) groups is 1. The highest BCUT2D eigenvalue weighted by Crippen LogP contribution is 2.42. The molecule has 0 aliphatic heterocycles. The van der Waals surface area contributed by atoms with E-state index in [1.807, 2.05) is 30.3 Å². The summed E-state index contributed by atoms with van der Waals surface area (Å²) in [6, 6.07) is 11.4. The van der Waals surface area contributed by atoms with E-state index in [0.29, 0.717) is 26.3 Å². The van der Waals surface area contributed by atoms with Crippen molar-refractivity contribution in [3.8, 4) is 17.2 Å². The molecule has 0 aliphatic carbocycles. The number of nitrogens with zero attached hydrogens (tertiary/aromatic N) is 2. The van der Waals surface area contributed by atoms with Crippen LogP contribution in [-0.4, -0.2) is 17.9 Å². The number of fused-ring (bicyclic) bond motifs is 1. The summed E-state index contributed by atoms with van der Waals surface area (Å²) >= 11 is 1.16. The molecule has 2 aromatic heterocycles. The summed E-state index contributed by atoms with van der Waals surface area (Å²) < 4.78 is 0. The molecule has 114 valence electrons. The number of aromatic nitrogens is 1. The number of nitrogens with one attached hydrogen (secondary N) is 1. The van der Waals surface area contributed by atoms with Crippen molar-refractivity contribution >= 4 is 39.0 Å². The Labute approximate surface area is 136 Å². The van der Waals surface area contributed by atoms with Crippen LogP contribution < -0.4 is 16.8 Å². The van der Waals surface area contributed by atoms with Crippen molar-refractivity contribution in [1.82, 2.24) is 10.3 Å². The maximum Gasteiger partial charge on any atom is 0.263 e. The van der Waals surface area contributed by atoms with Crippen molar-refractivity contribution in [3.63, 3.8) is 0 Å². The lowest BCUT2D eigenvalue weighted by molar-refractivity contribution is 0.0968. The molecule has 7 heteroatoms. The van der Waals surface area contributed by atoms with E-state index in [1.165, 1.54) is 7.05 Å². The van der Waals surface area contributed by atoms with Gasteiger partial charge in [-0.3, -0.25) is 4.79 Å². The number of benzene rings is 1. The summed E-state index contributed by atoms with van der Waals surface area (Å²) in [5.74, 6) is -0.162. The summed E-state index contributed by atoms with van der Waals surface area (Å²) in [5.41, 5.74) is 14.1. The smallest absolute Gasteiger partial charge is 0.263 e. The molecule has 0 spiro atoms. The van der Waals surface area contributed by atoms with Crippen LogP contribution in [0.4, 0.5) is 11.5 Å². The fourth-order valence-electron chi connectivity index (χ4n) is 2.46. The van der Waals surface area contributed by atoms with E-state index in [-0.39, 0.29) is 17.3 Å². The van der Waals surface area contributed by atoms with Gasteiger partial charge in [0, 0.05) is 18.0 Å². The summed E-state index contributed by atoms with van der Waals surface area (Å²) in [5, 5.41) is 12.6. The molecule has 0 saturated heterocycles. The third-order valence-corrected chi connectivity index (χ3v) is 4.61. The Morgan fingerprint density at radius 3 is 2.61 bits per heavy atom. The molecule has 1 amide bonds. The molecule has 6 nitrogen and oxygen atoms in total. The molecule has 0 bridgehead atoms.